The van der Waals surface area contributed by atoms with Crippen LogP contribution in [0, 0.1) is 10.1 Å². The van der Waals surface area contributed by atoms with Gasteiger partial charge in [-0.1, -0.05) is 0 Å². The molecule has 0 unspecified atom stereocenters. The van der Waals surface area contributed by atoms with E-state index < -0.39 is 41.8 Å². The number of aromatic nitrogens is 1. The number of hydrogen-bond acceptors (Lipinski definition) is 5. The van der Waals surface area contributed by atoms with E-state index in [1.807, 2.05) is 0 Å². The molecule has 1 aromatic rings. The molecule has 0 aliphatic rings. The van der Waals surface area contributed by atoms with E-state index in [0.29, 0.717) is 6.07 Å². The van der Waals surface area contributed by atoms with Crippen molar-refractivity contribution in [2.75, 3.05) is 0 Å². The van der Waals surface area contributed by atoms with Crippen molar-refractivity contribution in [2.45, 2.75) is 11.3 Å². The van der Waals surface area contributed by atoms with Crippen LogP contribution in [0.15, 0.2) is 11.0 Å². The minimum absolute atomic E-state index is 0.526. The minimum atomic E-state index is -4.59. The molecule has 0 aliphatic carbocycles. The monoisotopic (exact) mass is 306 g/mol. The predicted molar refractivity (Wildman–Crippen MR) is 53.9 cm³/mol. The van der Waals surface area contributed by atoms with Crippen LogP contribution in [0.25, 0.3) is 0 Å². The van der Waals surface area contributed by atoms with Crippen LogP contribution in [0.4, 0.5) is 14.6 Å². The topological polar surface area (TPSA) is 90.2 Å². The fraction of sp³-hybridized carbons (Fsp3) is 0.167. The number of hydrogen-bond donors (Lipinski definition) is 0. The van der Waals surface area contributed by atoms with Crippen molar-refractivity contribution in [3.05, 3.63) is 26.9 Å². The Morgan fingerprint density at radius 1 is 1.47 bits per heavy atom. The van der Waals surface area contributed by atoms with Gasteiger partial charge in [0, 0.05) is 16.7 Å². The highest BCUT2D eigenvalue weighted by Crippen LogP contribution is 2.36. The van der Waals surface area contributed by atoms with Crippen LogP contribution in [0.1, 0.15) is 12.0 Å². The van der Waals surface area contributed by atoms with Gasteiger partial charge in [0.25, 0.3) is 15.5 Å². The molecule has 1 aromatic heterocycles. The first-order valence-corrected chi connectivity index (χ1v) is 6.41. The zero-order valence-electron chi connectivity index (χ0n) is 7.60. The molecule has 1 rings (SSSR count). The Kier molecular flexibility index (Phi) is 3.84. The number of pyridine rings is 1. The van der Waals surface area contributed by atoms with E-state index in [1.165, 1.54) is 0 Å². The van der Waals surface area contributed by atoms with Gasteiger partial charge in [-0.05, 0) is 21.5 Å². The Balaban J connectivity index is 3.77. The molecular weight excluding hydrogens is 305 g/mol. The minimum Gasteiger partial charge on any atom is -0.358 e. The molecule has 0 fully saturated rings. The summed E-state index contributed by atoms with van der Waals surface area (Å²) in [5.41, 5.74) is -1.38. The van der Waals surface area contributed by atoms with Crippen molar-refractivity contribution in [3.8, 4) is 0 Å². The van der Waals surface area contributed by atoms with E-state index in [9.17, 15) is 27.3 Å². The van der Waals surface area contributed by atoms with Gasteiger partial charge >= 0.3 is 5.82 Å². The summed E-state index contributed by atoms with van der Waals surface area (Å²) in [5, 5.41) is 9.85. The molecule has 0 atom stereocenters. The van der Waals surface area contributed by atoms with Crippen LogP contribution in [0.2, 0.25) is 5.15 Å². The van der Waals surface area contributed by atoms with Crippen LogP contribution in [-0.2, 0) is 9.05 Å². The Morgan fingerprint density at radius 3 is 2.35 bits per heavy atom. The lowest BCUT2D eigenvalue weighted by Crippen LogP contribution is -2.06. The highest BCUT2D eigenvalue weighted by atomic mass is 35.7. The second-order valence-electron chi connectivity index (χ2n) is 2.68. The summed E-state index contributed by atoms with van der Waals surface area (Å²) >= 11 is 5.29. The van der Waals surface area contributed by atoms with Crippen molar-refractivity contribution in [3.63, 3.8) is 0 Å². The largest absolute Gasteiger partial charge is 0.375 e. The zero-order chi connectivity index (χ0) is 13.4. The molecule has 0 saturated carbocycles. The van der Waals surface area contributed by atoms with Crippen molar-refractivity contribution in [1.29, 1.82) is 0 Å². The van der Waals surface area contributed by atoms with E-state index in [-0.39, 0.29) is 0 Å². The molecular formula is C6H2Cl2F2N2O4S. The van der Waals surface area contributed by atoms with Gasteiger partial charge in [0.15, 0.2) is 0 Å². The second-order valence-corrected chi connectivity index (χ2v) is 5.60. The lowest BCUT2D eigenvalue weighted by Gasteiger charge is -2.05. The summed E-state index contributed by atoms with van der Waals surface area (Å²) in [5.74, 6) is -1.34. The van der Waals surface area contributed by atoms with Gasteiger partial charge in [0.2, 0.25) is 5.15 Å². The average Bonchev–Trinajstić information content (AvgIpc) is 2.14. The fourth-order valence-corrected chi connectivity index (χ4v) is 2.37. The Morgan fingerprint density at radius 2 is 2.00 bits per heavy atom. The molecule has 0 aromatic carbocycles. The van der Waals surface area contributed by atoms with Gasteiger partial charge in [-0.2, -0.15) is 0 Å². The Hall–Kier alpha value is -1.06. The lowest BCUT2D eigenvalue weighted by atomic mass is 10.2. The Bertz CT molecular complexity index is 578. The van der Waals surface area contributed by atoms with Gasteiger partial charge in [-0.25, -0.2) is 17.2 Å². The van der Waals surface area contributed by atoms with Crippen molar-refractivity contribution < 1.29 is 22.1 Å². The normalized spacial score (nSPS) is 11.8. The summed E-state index contributed by atoms with van der Waals surface area (Å²) in [6, 6.07) is 0.526. The van der Waals surface area contributed by atoms with Crippen LogP contribution in [-0.4, -0.2) is 18.3 Å². The van der Waals surface area contributed by atoms with Gasteiger partial charge in [-0.15, -0.1) is 0 Å². The standard InChI is InChI=1S/C6H2Cl2F2N2O4S/c7-3-1-2(17(8,15)16)4(5(9)10)6(11-3)12(13)14/h1,5H. The fourth-order valence-electron chi connectivity index (χ4n) is 1.04. The first kappa shape index (κ1) is 14.0. The first-order valence-electron chi connectivity index (χ1n) is 3.72. The number of nitrogens with zero attached hydrogens (tertiary/aromatic N) is 2. The second kappa shape index (κ2) is 4.67. The van der Waals surface area contributed by atoms with E-state index >= 15 is 0 Å². The molecule has 17 heavy (non-hydrogen) atoms. The molecule has 11 heteroatoms. The molecule has 94 valence electrons. The summed E-state index contributed by atoms with van der Waals surface area (Å²) < 4.78 is 47.2. The lowest BCUT2D eigenvalue weighted by molar-refractivity contribution is -0.391. The van der Waals surface area contributed by atoms with E-state index in [1.54, 1.807) is 0 Å². The molecule has 0 saturated heterocycles. The SMILES string of the molecule is O=[N+]([O-])c1nc(Cl)cc(S(=O)(=O)Cl)c1C(F)F. The smallest absolute Gasteiger partial charge is 0.358 e. The number of halogens is 4. The van der Waals surface area contributed by atoms with Gasteiger partial charge < -0.3 is 10.1 Å². The van der Waals surface area contributed by atoms with E-state index in [4.69, 9.17) is 22.3 Å². The average molecular weight is 307 g/mol. The molecule has 0 spiro atoms. The van der Waals surface area contributed by atoms with Gasteiger partial charge in [-0.3, -0.25) is 0 Å². The molecule has 6 nitrogen and oxygen atoms in total. The summed E-state index contributed by atoms with van der Waals surface area (Å²) in [6.07, 6.45) is -3.43. The molecule has 0 amide bonds. The number of nitro groups is 1. The highest BCUT2D eigenvalue weighted by Gasteiger charge is 2.33. The summed E-state index contributed by atoms with van der Waals surface area (Å²) in [4.78, 5) is 11.1. The van der Waals surface area contributed by atoms with Crippen LogP contribution < -0.4 is 0 Å². The quantitative estimate of drug-likeness (QED) is 0.370. The molecule has 0 N–H and O–H groups in total. The third-order valence-corrected chi connectivity index (χ3v) is 3.18. The molecule has 0 aliphatic heterocycles. The van der Waals surface area contributed by atoms with Crippen molar-refractivity contribution in [1.82, 2.24) is 4.98 Å². The van der Waals surface area contributed by atoms with Crippen LogP contribution >= 0.6 is 22.3 Å². The predicted octanol–water partition coefficient (Wildman–Crippen LogP) is 2.51. The van der Waals surface area contributed by atoms with Crippen molar-refractivity contribution in [2.24, 2.45) is 0 Å². The zero-order valence-corrected chi connectivity index (χ0v) is 9.93. The first-order chi connectivity index (χ1) is 7.64. The molecule has 1 heterocycles. The van der Waals surface area contributed by atoms with E-state index in [0.717, 1.165) is 0 Å². The van der Waals surface area contributed by atoms with Crippen LogP contribution in [0.5, 0.6) is 0 Å². The Labute approximate surface area is 103 Å². The summed E-state index contributed by atoms with van der Waals surface area (Å²) in [6.45, 7) is 0. The molecule has 0 bridgehead atoms. The maximum Gasteiger partial charge on any atom is 0.375 e. The maximum absolute atomic E-state index is 12.6. The van der Waals surface area contributed by atoms with E-state index in [2.05, 4.69) is 4.98 Å². The third kappa shape index (κ3) is 2.99. The van der Waals surface area contributed by atoms with Gasteiger partial charge in [0.05, 0.1) is 0 Å². The number of rotatable bonds is 3. The maximum atomic E-state index is 12.6. The van der Waals surface area contributed by atoms with Gasteiger partial charge in [0.1, 0.15) is 10.5 Å². The number of alkyl halides is 2. The molecule has 0 radical (unpaired) electrons. The van der Waals surface area contributed by atoms with Crippen molar-refractivity contribution >= 4 is 37.2 Å². The summed E-state index contributed by atoms with van der Waals surface area (Å²) in [7, 11) is 0.293. The van der Waals surface area contributed by atoms with Crippen LogP contribution in [0.3, 0.4) is 0 Å². The third-order valence-electron chi connectivity index (χ3n) is 1.62. The highest BCUT2D eigenvalue weighted by molar-refractivity contribution is 8.13.